The molecule has 1 saturated heterocycles. The number of likely N-dealkylation sites (tertiary alicyclic amines) is 1. The van der Waals surface area contributed by atoms with Crippen molar-refractivity contribution in [2.24, 2.45) is 0 Å². The maximum Gasteiger partial charge on any atom is 0.261 e. The maximum absolute atomic E-state index is 12.4. The molecule has 0 spiro atoms. The highest BCUT2D eigenvalue weighted by Gasteiger charge is 2.24. The van der Waals surface area contributed by atoms with E-state index in [1.165, 1.54) is 29.7 Å². The van der Waals surface area contributed by atoms with Gasteiger partial charge in [-0.1, -0.05) is 12.1 Å². The minimum absolute atomic E-state index is 0.0193. The van der Waals surface area contributed by atoms with Crippen molar-refractivity contribution in [1.82, 2.24) is 10.2 Å². The molecule has 1 fully saturated rings. The SMILES string of the molecule is COc1ccc(C(CNC(=O)c2ccc(C)s2)N2CCCC2)cc1. The normalized spacial score (nSPS) is 16.1. The van der Waals surface area contributed by atoms with E-state index in [0.717, 1.165) is 28.6 Å². The first kappa shape index (κ1) is 17.0. The van der Waals surface area contributed by atoms with Gasteiger partial charge < -0.3 is 10.1 Å². The van der Waals surface area contributed by atoms with E-state index < -0.39 is 0 Å². The predicted octanol–water partition coefficient (Wildman–Crippen LogP) is 3.63. The molecular formula is C19H24N2O2S. The minimum Gasteiger partial charge on any atom is -0.497 e. The van der Waals surface area contributed by atoms with Gasteiger partial charge in [0.1, 0.15) is 5.75 Å². The van der Waals surface area contributed by atoms with Crippen LogP contribution in [0.25, 0.3) is 0 Å². The van der Waals surface area contributed by atoms with Crippen molar-refractivity contribution >= 4 is 17.2 Å². The summed E-state index contributed by atoms with van der Waals surface area (Å²) in [6.07, 6.45) is 2.45. The standard InChI is InChI=1S/C19H24N2O2S/c1-14-5-10-18(24-14)19(22)20-13-17(21-11-3-4-12-21)15-6-8-16(23-2)9-7-15/h5-10,17H,3-4,11-13H2,1-2H3,(H,20,22). The first-order valence-corrected chi connectivity index (χ1v) is 9.21. The van der Waals surface area contributed by atoms with Gasteiger partial charge in [0.05, 0.1) is 18.0 Å². The van der Waals surface area contributed by atoms with E-state index in [1.807, 2.05) is 31.2 Å². The van der Waals surface area contributed by atoms with E-state index in [4.69, 9.17) is 4.74 Å². The molecule has 1 aliphatic heterocycles. The van der Waals surface area contributed by atoms with Crippen molar-refractivity contribution in [1.29, 1.82) is 0 Å². The summed E-state index contributed by atoms with van der Waals surface area (Å²) in [5.74, 6) is 0.878. The highest BCUT2D eigenvalue weighted by Crippen LogP contribution is 2.26. The molecule has 0 bridgehead atoms. The lowest BCUT2D eigenvalue weighted by Crippen LogP contribution is -2.36. The Kier molecular flexibility index (Phi) is 5.53. The number of carbonyl (C=O) groups is 1. The highest BCUT2D eigenvalue weighted by atomic mass is 32.1. The average Bonchev–Trinajstić information content (AvgIpc) is 3.27. The summed E-state index contributed by atoms with van der Waals surface area (Å²) >= 11 is 1.54. The Balaban J connectivity index is 1.71. The topological polar surface area (TPSA) is 41.6 Å². The van der Waals surface area contributed by atoms with Crippen molar-refractivity contribution in [3.8, 4) is 5.75 Å². The lowest BCUT2D eigenvalue weighted by atomic mass is 10.1. The zero-order chi connectivity index (χ0) is 16.9. The Hall–Kier alpha value is -1.85. The number of methoxy groups -OCH3 is 1. The molecular weight excluding hydrogens is 320 g/mol. The average molecular weight is 344 g/mol. The van der Waals surface area contributed by atoms with Crippen molar-refractivity contribution in [2.45, 2.75) is 25.8 Å². The summed E-state index contributed by atoms with van der Waals surface area (Å²) in [5, 5.41) is 3.11. The Bertz CT molecular complexity index is 675. The number of benzene rings is 1. The van der Waals surface area contributed by atoms with Crippen LogP contribution in [-0.2, 0) is 0 Å². The maximum atomic E-state index is 12.4. The molecule has 1 aliphatic rings. The van der Waals surface area contributed by atoms with Crippen molar-refractivity contribution in [2.75, 3.05) is 26.7 Å². The van der Waals surface area contributed by atoms with Crippen LogP contribution in [0.2, 0.25) is 0 Å². The first-order chi connectivity index (χ1) is 11.7. The molecule has 1 aromatic heterocycles. The van der Waals surface area contributed by atoms with Crippen LogP contribution in [0.1, 0.15) is 39.0 Å². The number of amides is 1. The molecule has 5 heteroatoms. The van der Waals surface area contributed by atoms with Crippen LogP contribution in [0.4, 0.5) is 0 Å². The van der Waals surface area contributed by atoms with E-state index in [2.05, 4.69) is 22.3 Å². The molecule has 3 rings (SSSR count). The van der Waals surface area contributed by atoms with E-state index >= 15 is 0 Å². The fraction of sp³-hybridized carbons (Fsp3) is 0.421. The lowest BCUT2D eigenvalue weighted by molar-refractivity contribution is 0.0942. The molecule has 1 unspecified atom stereocenters. The lowest BCUT2D eigenvalue weighted by Gasteiger charge is -2.28. The van der Waals surface area contributed by atoms with Gasteiger partial charge >= 0.3 is 0 Å². The molecule has 0 radical (unpaired) electrons. The Labute approximate surface area is 147 Å². The number of ether oxygens (including phenoxy) is 1. The number of aryl methyl sites for hydroxylation is 1. The van der Waals surface area contributed by atoms with Gasteiger partial charge in [-0.25, -0.2) is 0 Å². The van der Waals surface area contributed by atoms with Crippen molar-refractivity contribution in [3.63, 3.8) is 0 Å². The highest BCUT2D eigenvalue weighted by molar-refractivity contribution is 7.13. The molecule has 0 saturated carbocycles. The quantitative estimate of drug-likeness (QED) is 0.870. The Morgan fingerprint density at radius 2 is 1.92 bits per heavy atom. The second-order valence-electron chi connectivity index (χ2n) is 6.15. The van der Waals surface area contributed by atoms with Gasteiger partial charge in [0.15, 0.2) is 0 Å². The summed E-state index contributed by atoms with van der Waals surface area (Å²) in [5.41, 5.74) is 1.22. The van der Waals surface area contributed by atoms with Gasteiger partial charge in [-0.3, -0.25) is 9.69 Å². The fourth-order valence-corrected chi connectivity index (χ4v) is 3.95. The van der Waals surface area contributed by atoms with Gasteiger partial charge in [-0.15, -0.1) is 11.3 Å². The van der Waals surface area contributed by atoms with Crippen LogP contribution in [-0.4, -0.2) is 37.6 Å². The molecule has 4 nitrogen and oxygen atoms in total. The molecule has 1 amide bonds. The molecule has 1 N–H and O–H groups in total. The van der Waals surface area contributed by atoms with Crippen LogP contribution in [0.15, 0.2) is 36.4 Å². The Morgan fingerprint density at radius 1 is 1.21 bits per heavy atom. The number of hydrogen-bond donors (Lipinski definition) is 1. The molecule has 1 atom stereocenters. The fourth-order valence-electron chi connectivity index (χ4n) is 3.17. The van der Waals surface area contributed by atoms with Gasteiger partial charge in [-0.2, -0.15) is 0 Å². The molecule has 24 heavy (non-hydrogen) atoms. The first-order valence-electron chi connectivity index (χ1n) is 8.40. The van der Waals surface area contributed by atoms with Crippen LogP contribution in [0, 0.1) is 6.92 Å². The predicted molar refractivity (Wildman–Crippen MR) is 97.9 cm³/mol. The van der Waals surface area contributed by atoms with E-state index in [1.54, 1.807) is 7.11 Å². The molecule has 2 aromatic rings. The van der Waals surface area contributed by atoms with E-state index in [0.29, 0.717) is 6.54 Å². The minimum atomic E-state index is 0.0193. The number of thiophene rings is 1. The second-order valence-corrected chi connectivity index (χ2v) is 7.44. The zero-order valence-corrected chi connectivity index (χ0v) is 15.1. The monoisotopic (exact) mass is 344 g/mol. The van der Waals surface area contributed by atoms with Crippen molar-refractivity contribution < 1.29 is 9.53 Å². The second kappa shape index (κ2) is 7.81. The Morgan fingerprint density at radius 3 is 2.50 bits per heavy atom. The van der Waals surface area contributed by atoms with Gasteiger partial charge in [0.25, 0.3) is 5.91 Å². The van der Waals surface area contributed by atoms with Crippen LogP contribution in [0.5, 0.6) is 5.75 Å². The summed E-state index contributed by atoms with van der Waals surface area (Å²) in [6, 6.07) is 12.3. The van der Waals surface area contributed by atoms with Crippen molar-refractivity contribution in [3.05, 3.63) is 51.7 Å². The number of hydrogen-bond acceptors (Lipinski definition) is 4. The van der Waals surface area contributed by atoms with Gasteiger partial charge in [-0.05, 0) is 62.7 Å². The number of nitrogens with zero attached hydrogens (tertiary/aromatic N) is 1. The summed E-state index contributed by atoms with van der Waals surface area (Å²) < 4.78 is 5.25. The van der Waals surface area contributed by atoms with Crippen LogP contribution in [0.3, 0.4) is 0 Å². The zero-order valence-electron chi connectivity index (χ0n) is 14.2. The van der Waals surface area contributed by atoms with E-state index in [9.17, 15) is 4.79 Å². The van der Waals surface area contributed by atoms with E-state index in [-0.39, 0.29) is 11.9 Å². The summed E-state index contributed by atoms with van der Waals surface area (Å²) in [6.45, 7) is 4.82. The van der Waals surface area contributed by atoms with Gasteiger partial charge in [0, 0.05) is 11.4 Å². The van der Waals surface area contributed by atoms with Crippen LogP contribution < -0.4 is 10.1 Å². The molecule has 1 aromatic carbocycles. The molecule has 2 heterocycles. The summed E-state index contributed by atoms with van der Waals surface area (Å²) in [7, 11) is 1.68. The summed E-state index contributed by atoms with van der Waals surface area (Å²) in [4.78, 5) is 16.8. The molecule has 0 aliphatic carbocycles. The third-order valence-electron chi connectivity index (χ3n) is 4.50. The number of carbonyl (C=O) groups excluding carboxylic acids is 1. The molecule has 128 valence electrons. The largest absolute Gasteiger partial charge is 0.497 e. The van der Waals surface area contributed by atoms with Gasteiger partial charge in [0.2, 0.25) is 0 Å². The number of rotatable bonds is 6. The third kappa shape index (κ3) is 3.97. The number of nitrogens with one attached hydrogen (secondary N) is 1. The third-order valence-corrected chi connectivity index (χ3v) is 5.50. The smallest absolute Gasteiger partial charge is 0.261 e. The van der Waals surface area contributed by atoms with Crippen LogP contribution >= 0.6 is 11.3 Å².